The van der Waals surface area contributed by atoms with Crippen LogP contribution in [0.2, 0.25) is 0 Å². The van der Waals surface area contributed by atoms with Crippen LogP contribution >= 0.6 is 11.3 Å². The normalized spacial score (nSPS) is 11.1. The summed E-state index contributed by atoms with van der Waals surface area (Å²) in [6, 6.07) is 16.6. The number of para-hydroxylation sites is 2. The number of anilines is 1. The Morgan fingerprint density at radius 3 is 2.68 bits per heavy atom. The first kappa shape index (κ1) is 17.7. The number of fused-ring (bicyclic) bond motifs is 1. The molecular formula is C21H15N3O3S. The molecular weight excluding hydrogens is 374 g/mol. The first-order valence-corrected chi connectivity index (χ1v) is 9.34. The SMILES string of the molecule is O=C(O)c1ccsc1C(=O)Nc1ccccc1/C=C/c1n[nH]c2ccccc12. The largest absolute Gasteiger partial charge is 0.478 e. The van der Waals surface area contributed by atoms with E-state index >= 15 is 0 Å². The van der Waals surface area contributed by atoms with E-state index < -0.39 is 11.9 Å². The summed E-state index contributed by atoms with van der Waals surface area (Å²) in [6.07, 6.45) is 3.74. The molecule has 0 aliphatic carbocycles. The fourth-order valence-electron chi connectivity index (χ4n) is 2.87. The highest BCUT2D eigenvalue weighted by molar-refractivity contribution is 7.12. The third kappa shape index (κ3) is 3.43. The van der Waals surface area contributed by atoms with Crippen molar-refractivity contribution in [2.45, 2.75) is 0 Å². The Morgan fingerprint density at radius 1 is 1.04 bits per heavy atom. The van der Waals surface area contributed by atoms with E-state index in [1.165, 1.54) is 6.07 Å². The summed E-state index contributed by atoms with van der Waals surface area (Å²) in [6.45, 7) is 0. The van der Waals surface area contributed by atoms with Crippen molar-refractivity contribution in [3.63, 3.8) is 0 Å². The number of carbonyl (C=O) groups excluding carboxylic acids is 1. The lowest BCUT2D eigenvalue weighted by Gasteiger charge is -2.08. The van der Waals surface area contributed by atoms with Gasteiger partial charge in [-0.15, -0.1) is 11.3 Å². The number of benzene rings is 2. The van der Waals surface area contributed by atoms with Gasteiger partial charge in [0.2, 0.25) is 0 Å². The zero-order valence-electron chi connectivity index (χ0n) is 14.5. The smallest absolute Gasteiger partial charge is 0.337 e. The van der Waals surface area contributed by atoms with Gasteiger partial charge < -0.3 is 10.4 Å². The Labute approximate surface area is 164 Å². The fraction of sp³-hybridized carbons (Fsp3) is 0. The molecule has 2 aromatic heterocycles. The maximum atomic E-state index is 12.6. The molecule has 1 amide bonds. The van der Waals surface area contributed by atoms with Crippen LogP contribution in [0.5, 0.6) is 0 Å². The number of thiophene rings is 1. The van der Waals surface area contributed by atoms with Crippen LogP contribution in [-0.4, -0.2) is 27.2 Å². The number of carboxylic acids is 1. The first-order valence-electron chi connectivity index (χ1n) is 8.46. The zero-order valence-corrected chi connectivity index (χ0v) is 15.4. The summed E-state index contributed by atoms with van der Waals surface area (Å²) in [5, 5.41) is 21.9. The number of amides is 1. The van der Waals surface area contributed by atoms with Gasteiger partial charge in [0.1, 0.15) is 4.88 Å². The van der Waals surface area contributed by atoms with Gasteiger partial charge in [0, 0.05) is 11.1 Å². The molecule has 0 spiro atoms. The molecule has 28 heavy (non-hydrogen) atoms. The molecule has 0 fully saturated rings. The molecule has 0 saturated heterocycles. The first-order chi connectivity index (χ1) is 13.6. The summed E-state index contributed by atoms with van der Waals surface area (Å²) in [7, 11) is 0. The van der Waals surface area contributed by atoms with Gasteiger partial charge in [-0.3, -0.25) is 9.89 Å². The summed E-state index contributed by atoms with van der Waals surface area (Å²) < 4.78 is 0. The molecule has 0 saturated carbocycles. The van der Waals surface area contributed by atoms with E-state index in [1.54, 1.807) is 11.4 Å². The van der Waals surface area contributed by atoms with Crippen LogP contribution in [0.4, 0.5) is 5.69 Å². The van der Waals surface area contributed by atoms with Crippen molar-refractivity contribution < 1.29 is 14.7 Å². The van der Waals surface area contributed by atoms with Gasteiger partial charge >= 0.3 is 5.97 Å². The van der Waals surface area contributed by atoms with Crippen LogP contribution in [0.15, 0.2) is 60.0 Å². The van der Waals surface area contributed by atoms with Gasteiger partial charge in [-0.05, 0) is 35.2 Å². The van der Waals surface area contributed by atoms with Gasteiger partial charge in [0.15, 0.2) is 0 Å². The molecule has 2 aromatic carbocycles. The highest BCUT2D eigenvalue weighted by atomic mass is 32.1. The highest BCUT2D eigenvalue weighted by Crippen LogP contribution is 2.23. The lowest BCUT2D eigenvalue weighted by Crippen LogP contribution is -2.14. The number of rotatable bonds is 5. The summed E-state index contributed by atoms with van der Waals surface area (Å²) in [4.78, 5) is 24.0. The van der Waals surface area contributed by atoms with E-state index in [0.717, 1.165) is 33.5 Å². The lowest BCUT2D eigenvalue weighted by molar-refractivity contribution is 0.0693. The number of hydrogen-bond donors (Lipinski definition) is 3. The number of H-pyrrole nitrogens is 1. The number of aromatic carboxylic acids is 1. The van der Waals surface area contributed by atoms with E-state index in [1.807, 2.05) is 54.6 Å². The molecule has 0 unspecified atom stereocenters. The van der Waals surface area contributed by atoms with Crippen LogP contribution in [-0.2, 0) is 0 Å². The van der Waals surface area contributed by atoms with E-state index in [4.69, 9.17) is 0 Å². The van der Waals surface area contributed by atoms with Crippen molar-refractivity contribution in [3.05, 3.63) is 81.7 Å². The number of aromatic nitrogens is 2. The van der Waals surface area contributed by atoms with Crippen LogP contribution in [0.3, 0.4) is 0 Å². The van der Waals surface area contributed by atoms with Crippen LogP contribution < -0.4 is 5.32 Å². The topological polar surface area (TPSA) is 95.1 Å². The Kier molecular flexibility index (Phi) is 4.74. The van der Waals surface area contributed by atoms with Crippen LogP contribution in [0.25, 0.3) is 23.1 Å². The molecule has 138 valence electrons. The number of aromatic amines is 1. The van der Waals surface area contributed by atoms with Crippen LogP contribution in [0, 0.1) is 0 Å². The monoisotopic (exact) mass is 389 g/mol. The van der Waals surface area contributed by atoms with Crippen molar-refractivity contribution in [3.8, 4) is 0 Å². The molecule has 2 heterocycles. The average molecular weight is 389 g/mol. The summed E-state index contributed by atoms with van der Waals surface area (Å²) >= 11 is 1.10. The second kappa shape index (κ2) is 7.50. The summed E-state index contributed by atoms with van der Waals surface area (Å²) in [5.41, 5.74) is 3.12. The van der Waals surface area contributed by atoms with Crippen molar-refractivity contribution in [1.29, 1.82) is 0 Å². The lowest BCUT2D eigenvalue weighted by atomic mass is 10.1. The maximum Gasteiger partial charge on any atom is 0.337 e. The second-order valence-electron chi connectivity index (χ2n) is 6.00. The minimum atomic E-state index is -1.12. The molecule has 4 rings (SSSR count). The van der Waals surface area contributed by atoms with E-state index in [0.29, 0.717) is 5.69 Å². The minimum Gasteiger partial charge on any atom is -0.478 e. The quantitative estimate of drug-likeness (QED) is 0.459. The van der Waals surface area contributed by atoms with Gasteiger partial charge in [0.05, 0.1) is 16.8 Å². The third-order valence-corrected chi connectivity index (χ3v) is 5.14. The maximum absolute atomic E-state index is 12.6. The molecule has 7 heteroatoms. The average Bonchev–Trinajstić information content (AvgIpc) is 3.35. The molecule has 0 aliphatic rings. The van der Waals surface area contributed by atoms with Crippen molar-refractivity contribution in [1.82, 2.24) is 10.2 Å². The van der Waals surface area contributed by atoms with Gasteiger partial charge in [0.25, 0.3) is 5.91 Å². The zero-order chi connectivity index (χ0) is 19.5. The molecule has 0 bridgehead atoms. The Bertz CT molecular complexity index is 1210. The van der Waals surface area contributed by atoms with Gasteiger partial charge in [-0.25, -0.2) is 4.79 Å². The molecule has 6 nitrogen and oxygen atoms in total. The minimum absolute atomic E-state index is 0.00137. The van der Waals surface area contributed by atoms with Gasteiger partial charge in [-0.1, -0.05) is 42.5 Å². The van der Waals surface area contributed by atoms with Gasteiger partial charge in [-0.2, -0.15) is 5.10 Å². The van der Waals surface area contributed by atoms with E-state index in [-0.39, 0.29) is 10.4 Å². The van der Waals surface area contributed by atoms with Crippen molar-refractivity contribution in [2.24, 2.45) is 0 Å². The molecule has 4 aromatic rings. The molecule has 0 atom stereocenters. The van der Waals surface area contributed by atoms with E-state index in [2.05, 4.69) is 15.5 Å². The molecule has 0 aliphatic heterocycles. The second-order valence-corrected chi connectivity index (χ2v) is 6.91. The molecule has 0 radical (unpaired) electrons. The number of carbonyl (C=O) groups is 2. The van der Waals surface area contributed by atoms with E-state index in [9.17, 15) is 14.7 Å². The Hall–Kier alpha value is -3.71. The molecule has 3 N–H and O–H groups in total. The predicted octanol–water partition coefficient (Wildman–Crippen LogP) is 4.75. The number of carboxylic acid groups (broad SMARTS) is 1. The Balaban J connectivity index is 1.61. The number of hydrogen-bond acceptors (Lipinski definition) is 4. The van der Waals surface area contributed by atoms with Crippen LogP contribution in [0.1, 0.15) is 31.3 Å². The highest BCUT2D eigenvalue weighted by Gasteiger charge is 2.18. The predicted molar refractivity (Wildman–Crippen MR) is 111 cm³/mol. The number of nitrogens with zero attached hydrogens (tertiary/aromatic N) is 1. The third-order valence-electron chi connectivity index (χ3n) is 4.23. The van der Waals surface area contributed by atoms with Crippen molar-refractivity contribution in [2.75, 3.05) is 5.32 Å². The Morgan fingerprint density at radius 2 is 1.82 bits per heavy atom. The summed E-state index contributed by atoms with van der Waals surface area (Å²) in [5.74, 6) is -1.57. The standard InChI is InChI=1S/C21H15N3O3S/c25-20(19-15(21(26)27)11-12-28-19)22-16-7-3-1-5-13(16)9-10-18-14-6-2-4-8-17(14)23-24-18/h1-12H,(H,22,25)(H,23,24)(H,26,27)/b10-9+. The number of nitrogens with one attached hydrogen (secondary N) is 2. The van der Waals surface area contributed by atoms with Crippen molar-refractivity contribution >= 4 is 52.0 Å². The fourth-order valence-corrected chi connectivity index (χ4v) is 3.65.